The first-order valence-electron chi connectivity index (χ1n) is 8.49. The van der Waals surface area contributed by atoms with Crippen LogP contribution in [0.1, 0.15) is 19.3 Å². The molecule has 8 nitrogen and oxygen atoms in total. The van der Waals surface area contributed by atoms with E-state index in [4.69, 9.17) is 9.47 Å². The van der Waals surface area contributed by atoms with Crippen LogP contribution >= 0.6 is 0 Å². The van der Waals surface area contributed by atoms with Crippen LogP contribution in [0.4, 0.5) is 4.39 Å². The van der Waals surface area contributed by atoms with E-state index < -0.39 is 21.8 Å². The van der Waals surface area contributed by atoms with Gasteiger partial charge in [-0.25, -0.2) is 22.6 Å². The van der Waals surface area contributed by atoms with E-state index in [9.17, 15) is 22.4 Å². The van der Waals surface area contributed by atoms with E-state index in [1.807, 2.05) is 0 Å². The summed E-state index contributed by atoms with van der Waals surface area (Å²) in [4.78, 5) is 24.2. The number of esters is 1. The Balaban J connectivity index is 1.52. The fourth-order valence-corrected chi connectivity index (χ4v) is 4.57. The summed E-state index contributed by atoms with van der Waals surface area (Å²) in [5.41, 5.74) is 0.0840. The quantitative estimate of drug-likeness (QED) is 0.521. The van der Waals surface area contributed by atoms with Crippen molar-refractivity contribution in [2.24, 2.45) is 5.10 Å². The average molecular weight is 398 g/mol. The largest absolute Gasteiger partial charge is 0.490 e. The second-order valence-corrected chi connectivity index (χ2v) is 8.51. The van der Waals surface area contributed by atoms with Gasteiger partial charge in [0.25, 0.3) is 0 Å². The molecule has 1 aromatic rings. The van der Waals surface area contributed by atoms with Crippen molar-refractivity contribution in [3.05, 3.63) is 30.1 Å². The van der Waals surface area contributed by atoms with Crippen molar-refractivity contribution >= 4 is 27.4 Å². The second kappa shape index (κ2) is 8.03. The van der Waals surface area contributed by atoms with E-state index in [2.05, 4.69) is 5.10 Å². The average Bonchev–Trinajstić information content (AvgIpc) is 3.00. The zero-order valence-corrected chi connectivity index (χ0v) is 15.3. The molecule has 10 heteroatoms. The van der Waals surface area contributed by atoms with Gasteiger partial charge < -0.3 is 9.47 Å². The van der Waals surface area contributed by atoms with Crippen molar-refractivity contribution in [3.63, 3.8) is 0 Å². The third-order valence-corrected chi connectivity index (χ3v) is 6.00. The van der Waals surface area contributed by atoms with Gasteiger partial charge in [-0.05, 0) is 30.7 Å². The molecule has 0 bridgehead atoms. The Morgan fingerprint density at radius 3 is 2.63 bits per heavy atom. The maximum atomic E-state index is 12.8. The highest BCUT2D eigenvalue weighted by molar-refractivity contribution is 7.91. The number of benzene rings is 1. The summed E-state index contributed by atoms with van der Waals surface area (Å²) in [5, 5.41) is 5.15. The number of carbonyl (C=O) groups excluding carboxylic acids is 2. The zero-order chi connectivity index (χ0) is 19.4. The molecule has 0 spiro atoms. The minimum atomic E-state index is -3.17. The molecule has 0 N–H and O–H groups in total. The van der Waals surface area contributed by atoms with Crippen LogP contribution in [0.25, 0.3) is 0 Å². The van der Waals surface area contributed by atoms with Crippen molar-refractivity contribution in [1.29, 1.82) is 0 Å². The predicted molar refractivity (Wildman–Crippen MR) is 93.4 cm³/mol. The number of hydrogen-bond acceptors (Lipinski definition) is 7. The number of amides is 1. The van der Waals surface area contributed by atoms with Crippen molar-refractivity contribution < 1.29 is 31.9 Å². The Labute approximate surface area is 155 Å². The first-order chi connectivity index (χ1) is 12.8. The molecular formula is C17H19FN2O6S. The maximum Gasteiger partial charge on any atom is 0.354 e. The predicted octanol–water partition coefficient (Wildman–Crippen LogP) is 0.913. The third kappa shape index (κ3) is 5.03. The van der Waals surface area contributed by atoms with Crippen LogP contribution in [0.2, 0.25) is 0 Å². The van der Waals surface area contributed by atoms with Crippen LogP contribution in [-0.4, -0.2) is 61.8 Å². The van der Waals surface area contributed by atoms with Gasteiger partial charge in [0, 0.05) is 12.8 Å². The standard InChI is InChI=1S/C17H19FN2O6S/c18-12-1-3-14(4-2-12)25-8-9-26-17(22)15-5-6-16(21)20(19-15)13-7-10-27(23,24)11-13/h1-4,13H,5-11H2/t13-/m1/s1. The van der Waals surface area contributed by atoms with Crippen molar-refractivity contribution in [1.82, 2.24) is 5.01 Å². The minimum Gasteiger partial charge on any atom is -0.490 e. The molecule has 2 aliphatic rings. The molecule has 1 fully saturated rings. The number of nitrogens with zero attached hydrogens (tertiary/aromatic N) is 2. The highest BCUT2D eigenvalue weighted by Crippen LogP contribution is 2.22. The fraction of sp³-hybridized carbons (Fsp3) is 0.471. The summed E-state index contributed by atoms with van der Waals surface area (Å²) in [6.07, 6.45) is 0.536. The van der Waals surface area contributed by atoms with Gasteiger partial charge in [-0.1, -0.05) is 0 Å². The van der Waals surface area contributed by atoms with Crippen LogP contribution in [-0.2, 0) is 24.2 Å². The van der Waals surface area contributed by atoms with Crippen LogP contribution in [0.3, 0.4) is 0 Å². The molecule has 0 saturated carbocycles. The maximum absolute atomic E-state index is 12.8. The Bertz CT molecular complexity index is 853. The molecule has 1 atom stereocenters. The topological polar surface area (TPSA) is 102 Å². The molecule has 0 radical (unpaired) electrons. The van der Waals surface area contributed by atoms with Crippen molar-refractivity contribution in [2.75, 3.05) is 24.7 Å². The monoisotopic (exact) mass is 398 g/mol. The number of sulfone groups is 1. The van der Waals surface area contributed by atoms with Gasteiger partial charge in [0.15, 0.2) is 9.84 Å². The van der Waals surface area contributed by atoms with E-state index in [0.717, 1.165) is 5.01 Å². The van der Waals surface area contributed by atoms with Crippen molar-refractivity contribution in [3.8, 4) is 5.75 Å². The molecule has 0 aromatic heterocycles. The van der Waals surface area contributed by atoms with E-state index in [0.29, 0.717) is 12.2 Å². The molecule has 1 saturated heterocycles. The summed E-state index contributed by atoms with van der Waals surface area (Å²) >= 11 is 0. The fourth-order valence-electron chi connectivity index (χ4n) is 2.88. The van der Waals surface area contributed by atoms with E-state index in [-0.39, 0.29) is 55.0 Å². The van der Waals surface area contributed by atoms with E-state index >= 15 is 0 Å². The second-order valence-electron chi connectivity index (χ2n) is 6.28. The summed E-state index contributed by atoms with van der Waals surface area (Å²) < 4.78 is 46.4. The first-order valence-corrected chi connectivity index (χ1v) is 10.3. The number of carbonyl (C=O) groups is 2. The molecule has 2 heterocycles. The molecule has 1 amide bonds. The minimum absolute atomic E-state index is 0.0114. The highest BCUT2D eigenvalue weighted by Gasteiger charge is 2.37. The van der Waals surface area contributed by atoms with Gasteiger partial charge in [0.1, 0.15) is 30.5 Å². The number of ether oxygens (including phenoxy) is 2. The highest BCUT2D eigenvalue weighted by atomic mass is 32.2. The smallest absolute Gasteiger partial charge is 0.354 e. The molecule has 27 heavy (non-hydrogen) atoms. The third-order valence-electron chi connectivity index (χ3n) is 4.25. The molecule has 2 aliphatic heterocycles. The summed E-state index contributed by atoms with van der Waals surface area (Å²) in [6.45, 7) is 0.0369. The van der Waals surface area contributed by atoms with Gasteiger partial charge >= 0.3 is 5.97 Å². The normalized spacial score (nSPS) is 21.7. The lowest BCUT2D eigenvalue weighted by molar-refractivity contribution is -0.137. The Hall–Kier alpha value is -2.49. The van der Waals surface area contributed by atoms with Gasteiger partial charge in [0.05, 0.1) is 17.5 Å². The lowest BCUT2D eigenvalue weighted by Gasteiger charge is -2.27. The first kappa shape index (κ1) is 19.3. The number of hydrogen-bond donors (Lipinski definition) is 0. The Morgan fingerprint density at radius 1 is 1.22 bits per heavy atom. The summed E-state index contributed by atoms with van der Waals surface area (Å²) in [5.74, 6) is -1.03. The van der Waals surface area contributed by atoms with E-state index in [1.54, 1.807) is 0 Å². The SMILES string of the molecule is O=C(OCCOc1ccc(F)cc1)C1=NN([C@@H]2CCS(=O)(=O)C2)C(=O)CC1. The molecule has 146 valence electrons. The van der Waals surface area contributed by atoms with E-state index in [1.165, 1.54) is 24.3 Å². The van der Waals surface area contributed by atoms with Crippen LogP contribution < -0.4 is 4.74 Å². The lowest BCUT2D eigenvalue weighted by atomic mass is 10.1. The molecule has 1 aromatic carbocycles. The van der Waals surface area contributed by atoms with Crippen LogP contribution in [0, 0.1) is 5.82 Å². The summed E-state index contributed by atoms with van der Waals surface area (Å²) in [6, 6.07) is 4.90. The number of rotatable bonds is 6. The van der Waals surface area contributed by atoms with Crippen LogP contribution in [0.15, 0.2) is 29.4 Å². The molecular weight excluding hydrogens is 379 g/mol. The number of halogens is 1. The lowest BCUT2D eigenvalue weighted by Crippen LogP contribution is -2.42. The summed E-state index contributed by atoms with van der Waals surface area (Å²) in [7, 11) is -3.17. The molecule has 3 rings (SSSR count). The zero-order valence-electron chi connectivity index (χ0n) is 14.5. The van der Waals surface area contributed by atoms with Gasteiger partial charge in [-0.15, -0.1) is 0 Å². The van der Waals surface area contributed by atoms with Gasteiger partial charge in [-0.3, -0.25) is 4.79 Å². The van der Waals surface area contributed by atoms with Crippen LogP contribution in [0.5, 0.6) is 5.75 Å². The Morgan fingerprint density at radius 2 is 1.96 bits per heavy atom. The molecule has 0 unspecified atom stereocenters. The number of hydrazone groups is 1. The van der Waals surface area contributed by atoms with Gasteiger partial charge in [-0.2, -0.15) is 5.10 Å². The van der Waals surface area contributed by atoms with Crippen molar-refractivity contribution in [2.45, 2.75) is 25.3 Å². The van der Waals surface area contributed by atoms with Gasteiger partial charge in [0.2, 0.25) is 5.91 Å². The Kier molecular flexibility index (Phi) is 5.73. The molecule has 0 aliphatic carbocycles.